The highest BCUT2D eigenvalue weighted by atomic mass is 79.9. The quantitative estimate of drug-likeness (QED) is 0.780. The van der Waals surface area contributed by atoms with E-state index >= 15 is 0 Å². The minimum atomic E-state index is -3.57. The van der Waals surface area contributed by atoms with Gasteiger partial charge in [-0.25, -0.2) is 8.42 Å². The molecule has 2 aliphatic rings. The van der Waals surface area contributed by atoms with Crippen LogP contribution in [0, 0.1) is 5.92 Å². The average molecular weight is 394 g/mol. The minimum absolute atomic E-state index is 0.135. The molecule has 2 N–H and O–H groups in total. The van der Waals surface area contributed by atoms with E-state index in [1.165, 1.54) is 6.07 Å². The number of hydrogen-bond acceptors (Lipinski definition) is 3. The lowest BCUT2D eigenvalue weighted by Crippen LogP contribution is -2.46. The van der Waals surface area contributed by atoms with Crippen LogP contribution in [-0.4, -0.2) is 25.3 Å². The van der Waals surface area contributed by atoms with Gasteiger partial charge < -0.3 is 5.73 Å². The number of sulfonamides is 1. The first kappa shape index (κ1) is 15.6. The van der Waals surface area contributed by atoms with Crippen molar-refractivity contribution in [1.29, 1.82) is 0 Å². The number of rotatable bonds is 2. The smallest absolute Gasteiger partial charge is 0.244 e. The minimum Gasteiger partial charge on any atom is -0.398 e. The summed E-state index contributed by atoms with van der Waals surface area (Å²) in [6.07, 6.45) is 5.26. The van der Waals surface area contributed by atoms with Gasteiger partial charge in [0, 0.05) is 23.3 Å². The molecular weight excluding hydrogens is 376 g/mol. The molecule has 1 saturated heterocycles. The molecule has 0 bridgehead atoms. The van der Waals surface area contributed by atoms with E-state index in [2.05, 4.69) is 15.9 Å². The molecule has 4 nitrogen and oxygen atoms in total. The zero-order valence-corrected chi connectivity index (χ0v) is 14.7. The fraction of sp³-hybridized carbons (Fsp3) is 0.571. The Bertz CT molecular complexity index is 665. The van der Waals surface area contributed by atoms with Gasteiger partial charge in [0.25, 0.3) is 0 Å². The molecule has 2 atom stereocenters. The van der Waals surface area contributed by atoms with Crippen molar-refractivity contribution in [3.05, 3.63) is 21.6 Å². The molecule has 1 saturated carbocycles. The second-order valence-electron chi connectivity index (χ2n) is 5.82. The van der Waals surface area contributed by atoms with Crippen molar-refractivity contribution in [2.24, 2.45) is 5.92 Å². The third-order valence-corrected chi connectivity index (χ3v) is 7.88. The molecule has 21 heavy (non-hydrogen) atoms. The van der Waals surface area contributed by atoms with Crippen LogP contribution in [0.4, 0.5) is 5.69 Å². The summed E-state index contributed by atoms with van der Waals surface area (Å²) in [5, 5.41) is 0.342. The van der Waals surface area contributed by atoms with Crippen LogP contribution in [0.25, 0.3) is 0 Å². The van der Waals surface area contributed by atoms with Gasteiger partial charge in [-0.15, -0.1) is 0 Å². The van der Waals surface area contributed by atoms with Gasteiger partial charge in [0.1, 0.15) is 0 Å². The molecule has 0 aromatic heterocycles. The van der Waals surface area contributed by atoms with Gasteiger partial charge in [0.15, 0.2) is 0 Å². The highest BCUT2D eigenvalue weighted by molar-refractivity contribution is 9.10. The number of nitrogens with two attached hydrogens (primary N) is 1. The van der Waals surface area contributed by atoms with Gasteiger partial charge in [-0.1, -0.05) is 18.0 Å². The summed E-state index contributed by atoms with van der Waals surface area (Å²) in [5.74, 6) is 0.504. The Morgan fingerprint density at radius 1 is 1.24 bits per heavy atom. The zero-order valence-electron chi connectivity index (χ0n) is 11.6. The van der Waals surface area contributed by atoms with Crippen LogP contribution in [0.2, 0.25) is 5.02 Å². The van der Waals surface area contributed by atoms with Crippen LogP contribution >= 0.6 is 27.5 Å². The fourth-order valence-corrected chi connectivity index (χ4v) is 6.62. The van der Waals surface area contributed by atoms with Crippen LogP contribution in [0.1, 0.15) is 32.1 Å². The van der Waals surface area contributed by atoms with Crippen molar-refractivity contribution in [2.45, 2.75) is 43.0 Å². The second-order valence-corrected chi connectivity index (χ2v) is 8.91. The average Bonchev–Trinajstić information content (AvgIpc) is 2.90. The zero-order chi connectivity index (χ0) is 15.2. The van der Waals surface area contributed by atoms with E-state index in [1.54, 1.807) is 10.4 Å². The number of fused-ring (bicyclic) bond motifs is 1. The number of halogens is 2. The number of piperidine rings is 1. The molecule has 1 aliphatic carbocycles. The Balaban J connectivity index is 2.04. The predicted molar refractivity (Wildman–Crippen MR) is 87.8 cm³/mol. The van der Waals surface area contributed by atoms with Crippen molar-refractivity contribution in [1.82, 2.24) is 4.31 Å². The van der Waals surface area contributed by atoms with E-state index in [0.717, 1.165) is 32.1 Å². The Morgan fingerprint density at radius 3 is 2.71 bits per heavy atom. The number of nitrogens with zero attached hydrogens (tertiary/aromatic N) is 1. The van der Waals surface area contributed by atoms with E-state index in [0.29, 0.717) is 27.6 Å². The number of hydrogen-bond donors (Lipinski definition) is 1. The third kappa shape index (κ3) is 2.71. The molecule has 116 valence electrons. The Kier molecular flexibility index (Phi) is 4.25. The van der Waals surface area contributed by atoms with Gasteiger partial charge >= 0.3 is 0 Å². The standard InChI is InChI=1S/C14H18BrClN2O2S/c15-14-11(17)7-10(16)8-13(14)21(19,20)18-6-2-4-9-3-1-5-12(9)18/h7-9,12H,1-6,17H2. The van der Waals surface area contributed by atoms with Gasteiger partial charge in [-0.2, -0.15) is 4.31 Å². The van der Waals surface area contributed by atoms with Crippen LogP contribution in [0.15, 0.2) is 21.5 Å². The molecule has 0 spiro atoms. The van der Waals surface area contributed by atoms with E-state index in [-0.39, 0.29) is 10.9 Å². The molecule has 0 radical (unpaired) electrons. The summed E-state index contributed by atoms with van der Waals surface area (Å²) in [6.45, 7) is 0.586. The first-order valence-electron chi connectivity index (χ1n) is 7.17. The van der Waals surface area contributed by atoms with E-state index in [4.69, 9.17) is 17.3 Å². The first-order valence-corrected chi connectivity index (χ1v) is 9.78. The topological polar surface area (TPSA) is 63.4 Å². The van der Waals surface area contributed by atoms with Crippen LogP contribution < -0.4 is 5.73 Å². The SMILES string of the molecule is Nc1cc(Cl)cc(S(=O)(=O)N2CCCC3CCCC32)c1Br. The van der Waals surface area contributed by atoms with Gasteiger partial charge in [0.05, 0.1) is 9.37 Å². The van der Waals surface area contributed by atoms with E-state index < -0.39 is 10.0 Å². The summed E-state index contributed by atoms with van der Waals surface area (Å²) in [7, 11) is -3.57. The lowest BCUT2D eigenvalue weighted by Gasteiger charge is -2.36. The van der Waals surface area contributed by atoms with Crippen molar-refractivity contribution < 1.29 is 8.42 Å². The predicted octanol–water partition coefficient (Wildman–Crippen LogP) is 3.64. The van der Waals surface area contributed by atoms with E-state index in [1.807, 2.05) is 0 Å². The summed E-state index contributed by atoms with van der Waals surface area (Å²) < 4.78 is 28.2. The molecule has 2 unspecified atom stereocenters. The van der Waals surface area contributed by atoms with Gasteiger partial charge in [0.2, 0.25) is 10.0 Å². The van der Waals surface area contributed by atoms with E-state index in [9.17, 15) is 8.42 Å². The molecule has 1 aliphatic heterocycles. The molecule has 2 fully saturated rings. The lowest BCUT2D eigenvalue weighted by atomic mass is 9.94. The first-order chi connectivity index (χ1) is 9.91. The van der Waals surface area contributed by atoms with Crippen molar-refractivity contribution >= 4 is 43.2 Å². The highest BCUT2D eigenvalue weighted by Crippen LogP contribution is 2.41. The monoisotopic (exact) mass is 392 g/mol. The molecular formula is C14H18BrClN2O2S. The Labute approximate surface area is 138 Å². The van der Waals surface area contributed by atoms with Crippen molar-refractivity contribution in [3.63, 3.8) is 0 Å². The summed E-state index contributed by atoms with van der Waals surface area (Å²) >= 11 is 9.29. The maximum Gasteiger partial charge on any atom is 0.244 e. The third-order valence-electron chi connectivity index (χ3n) is 4.56. The largest absolute Gasteiger partial charge is 0.398 e. The van der Waals surface area contributed by atoms with Gasteiger partial charge in [-0.05, 0) is 59.7 Å². The van der Waals surface area contributed by atoms with Crippen LogP contribution in [-0.2, 0) is 10.0 Å². The fourth-order valence-electron chi connectivity index (χ4n) is 3.61. The molecule has 1 aromatic rings. The molecule has 3 rings (SSSR count). The normalized spacial score (nSPS) is 26.8. The molecule has 1 aromatic carbocycles. The maximum absolute atomic E-state index is 13.0. The molecule has 7 heteroatoms. The lowest BCUT2D eigenvalue weighted by molar-refractivity contribution is 0.202. The number of benzene rings is 1. The van der Waals surface area contributed by atoms with Gasteiger partial charge in [-0.3, -0.25) is 0 Å². The van der Waals surface area contributed by atoms with Crippen LogP contribution in [0.5, 0.6) is 0 Å². The Morgan fingerprint density at radius 2 is 1.95 bits per heavy atom. The number of nitrogen functional groups attached to an aromatic ring is 1. The molecule has 1 heterocycles. The molecule has 0 amide bonds. The van der Waals surface area contributed by atoms with Crippen molar-refractivity contribution in [2.75, 3.05) is 12.3 Å². The summed E-state index contributed by atoms with van der Waals surface area (Å²) in [5.41, 5.74) is 6.19. The summed E-state index contributed by atoms with van der Waals surface area (Å²) in [4.78, 5) is 0.181. The Hall–Kier alpha value is -0.300. The van der Waals surface area contributed by atoms with Crippen molar-refractivity contribution in [3.8, 4) is 0 Å². The second kappa shape index (κ2) is 5.72. The summed E-state index contributed by atoms with van der Waals surface area (Å²) in [6, 6.07) is 3.17. The maximum atomic E-state index is 13.0. The highest BCUT2D eigenvalue weighted by Gasteiger charge is 2.42. The van der Waals surface area contributed by atoms with Crippen LogP contribution in [0.3, 0.4) is 0 Å². The number of anilines is 1.